The molecular weight excluding hydrogens is 402 g/mol. The summed E-state index contributed by atoms with van der Waals surface area (Å²) in [4.78, 5) is 33.5. The molecule has 0 radical (unpaired) electrons. The average molecular weight is 442 g/mol. The fourth-order valence-electron chi connectivity index (χ4n) is 5.89. The summed E-state index contributed by atoms with van der Waals surface area (Å²) in [6, 6.07) is 8.28. The number of amides is 2. The summed E-state index contributed by atoms with van der Waals surface area (Å²) in [6.07, 6.45) is 7.79. The minimum Gasteiger partial charge on any atom is -0.496 e. The zero-order valence-corrected chi connectivity index (χ0v) is 19.8. The minimum atomic E-state index is -0.247. The summed E-state index contributed by atoms with van der Waals surface area (Å²) in [7, 11) is 1.67. The van der Waals surface area contributed by atoms with E-state index in [0.717, 1.165) is 50.1 Å². The van der Waals surface area contributed by atoms with Gasteiger partial charge in [0.1, 0.15) is 5.75 Å². The summed E-state index contributed by atoms with van der Waals surface area (Å²) in [6.45, 7) is 6.92. The Kier molecular flexibility index (Phi) is 7.71. The predicted molar refractivity (Wildman–Crippen MR) is 125 cm³/mol. The molecule has 176 valence electrons. The highest BCUT2D eigenvalue weighted by molar-refractivity contribution is 5.85. The Bertz CT molecular complexity index is 784. The quantitative estimate of drug-likeness (QED) is 0.645. The average Bonchev–Trinajstić information content (AvgIpc) is 3.38. The minimum absolute atomic E-state index is 0.158. The van der Waals surface area contributed by atoms with Crippen LogP contribution in [0, 0.1) is 5.92 Å². The van der Waals surface area contributed by atoms with Crippen molar-refractivity contribution >= 4 is 11.8 Å². The molecule has 3 heterocycles. The normalized spacial score (nSPS) is 25.4. The molecule has 0 N–H and O–H groups in total. The number of hydrogen-bond donors (Lipinski definition) is 0. The van der Waals surface area contributed by atoms with Gasteiger partial charge >= 0.3 is 0 Å². The monoisotopic (exact) mass is 441 g/mol. The second-order valence-electron chi connectivity index (χ2n) is 9.57. The Morgan fingerprint density at radius 2 is 1.78 bits per heavy atom. The maximum absolute atomic E-state index is 13.8. The molecule has 1 aromatic carbocycles. The number of unbranched alkanes of at least 4 members (excludes halogenated alkanes) is 1. The van der Waals surface area contributed by atoms with Crippen LogP contribution in [0.25, 0.3) is 0 Å². The Hall–Kier alpha value is -2.08. The lowest BCUT2D eigenvalue weighted by Gasteiger charge is -2.44. The van der Waals surface area contributed by atoms with Crippen LogP contribution in [0.3, 0.4) is 0 Å². The van der Waals surface area contributed by atoms with Crippen LogP contribution >= 0.6 is 0 Å². The number of hydrogen-bond acceptors (Lipinski definition) is 4. The van der Waals surface area contributed by atoms with Crippen molar-refractivity contribution in [2.24, 2.45) is 5.92 Å². The van der Waals surface area contributed by atoms with Crippen molar-refractivity contribution in [1.29, 1.82) is 0 Å². The lowest BCUT2D eigenvalue weighted by atomic mass is 9.82. The Morgan fingerprint density at radius 1 is 1.06 bits per heavy atom. The van der Waals surface area contributed by atoms with Gasteiger partial charge in [0.2, 0.25) is 11.8 Å². The molecule has 32 heavy (non-hydrogen) atoms. The fourth-order valence-corrected chi connectivity index (χ4v) is 5.89. The van der Waals surface area contributed by atoms with Crippen LogP contribution in [0.2, 0.25) is 0 Å². The number of likely N-dealkylation sites (tertiary alicyclic amines) is 3. The van der Waals surface area contributed by atoms with Gasteiger partial charge in [-0.25, -0.2) is 0 Å². The van der Waals surface area contributed by atoms with Crippen LogP contribution in [-0.2, 0) is 9.59 Å². The van der Waals surface area contributed by atoms with Crippen molar-refractivity contribution in [2.75, 3.05) is 39.8 Å². The van der Waals surface area contributed by atoms with Gasteiger partial charge in [-0.05, 0) is 57.7 Å². The van der Waals surface area contributed by atoms with Crippen molar-refractivity contribution in [3.05, 3.63) is 29.8 Å². The van der Waals surface area contributed by atoms with Crippen molar-refractivity contribution in [1.82, 2.24) is 14.7 Å². The molecule has 1 aromatic rings. The first-order chi connectivity index (χ1) is 15.6. The summed E-state index contributed by atoms with van der Waals surface area (Å²) in [5, 5.41) is 0. The third kappa shape index (κ3) is 4.80. The van der Waals surface area contributed by atoms with Crippen molar-refractivity contribution < 1.29 is 14.3 Å². The number of rotatable bonds is 7. The van der Waals surface area contributed by atoms with Gasteiger partial charge in [-0.3, -0.25) is 9.59 Å². The molecular formula is C26H39N3O3. The second kappa shape index (κ2) is 10.7. The zero-order valence-electron chi connectivity index (χ0n) is 19.8. The van der Waals surface area contributed by atoms with Crippen LogP contribution in [0.1, 0.15) is 69.9 Å². The van der Waals surface area contributed by atoms with Crippen molar-refractivity contribution in [3.8, 4) is 5.75 Å². The maximum Gasteiger partial charge on any atom is 0.228 e. The van der Waals surface area contributed by atoms with Gasteiger partial charge in [-0.1, -0.05) is 31.5 Å². The first-order valence-electron chi connectivity index (χ1n) is 12.6. The summed E-state index contributed by atoms with van der Waals surface area (Å²) >= 11 is 0. The number of ether oxygens (including phenoxy) is 1. The molecule has 0 bridgehead atoms. The van der Waals surface area contributed by atoms with Gasteiger partial charge in [-0.15, -0.1) is 0 Å². The first-order valence-corrected chi connectivity index (χ1v) is 12.6. The summed E-state index contributed by atoms with van der Waals surface area (Å²) in [5.41, 5.74) is 0.962. The lowest BCUT2D eigenvalue weighted by molar-refractivity contribution is -0.149. The third-order valence-electron chi connectivity index (χ3n) is 7.67. The molecule has 4 rings (SSSR count). The molecule has 2 atom stereocenters. The zero-order chi connectivity index (χ0) is 22.5. The van der Waals surface area contributed by atoms with E-state index in [2.05, 4.69) is 16.7 Å². The van der Waals surface area contributed by atoms with E-state index < -0.39 is 0 Å². The molecule has 3 saturated heterocycles. The van der Waals surface area contributed by atoms with Gasteiger partial charge in [0, 0.05) is 37.7 Å². The molecule has 2 amide bonds. The van der Waals surface area contributed by atoms with Gasteiger partial charge in [0.05, 0.1) is 19.1 Å². The van der Waals surface area contributed by atoms with Gasteiger partial charge in [0.15, 0.2) is 0 Å². The van der Waals surface area contributed by atoms with E-state index in [-0.39, 0.29) is 23.8 Å². The molecule has 3 fully saturated rings. The van der Waals surface area contributed by atoms with Gasteiger partial charge in [-0.2, -0.15) is 0 Å². The molecule has 0 aliphatic carbocycles. The fraction of sp³-hybridized carbons (Fsp3) is 0.692. The molecule has 2 unspecified atom stereocenters. The highest BCUT2D eigenvalue weighted by atomic mass is 16.5. The van der Waals surface area contributed by atoms with Gasteiger partial charge < -0.3 is 19.4 Å². The van der Waals surface area contributed by atoms with Gasteiger partial charge in [0.25, 0.3) is 0 Å². The Morgan fingerprint density at radius 3 is 2.47 bits per heavy atom. The second-order valence-corrected chi connectivity index (χ2v) is 9.57. The summed E-state index contributed by atoms with van der Waals surface area (Å²) < 4.78 is 5.66. The molecule has 3 aliphatic rings. The Labute approximate surface area is 192 Å². The highest BCUT2D eigenvalue weighted by Gasteiger charge is 2.43. The van der Waals surface area contributed by atoms with Crippen molar-refractivity contribution in [3.63, 3.8) is 0 Å². The van der Waals surface area contributed by atoms with E-state index in [1.54, 1.807) is 7.11 Å². The van der Waals surface area contributed by atoms with Crippen LogP contribution in [-0.4, -0.2) is 72.4 Å². The largest absolute Gasteiger partial charge is 0.496 e. The number of benzene rings is 1. The highest BCUT2D eigenvalue weighted by Crippen LogP contribution is 2.42. The number of methoxy groups -OCH3 is 1. The van der Waals surface area contributed by atoms with E-state index in [0.29, 0.717) is 25.4 Å². The number of piperidine rings is 2. The van der Waals surface area contributed by atoms with E-state index in [4.69, 9.17) is 4.74 Å². The summed E-state index contributed by atoms with van der Waals surface area (Å²) in [5.74, 6) is 0.935. The topological polar surface area (TPSA) is 53.1 Å². The molecule has 3 aliphatic heterocycles. The molecule has 6 heteroatoms. The molecule has 6 nitrogen and oxygen atoms in total. The van der Waals surface area contributed by atoms with Crippen molar-refractivity contribution in [2.45, 2.75) is 70.4 Å². The SMILES string of the molecule is CCCCN1C(=O)CCC(C(=O)N2CCC(N3CCCC3)CC2)C1c1ccccc1OC. The molecule has 0 saturated carbocycles. The molecule has 0 spiro atoms. The number of para-hydroxylation sites is 1. The van der Waals surface area contributed by atoms with E-state index in [1.807, 2.05) is 29.2 Å². The van der Waals surface area contributed by atoms with E-state index in [9.17, 15) is 9.59 Å². The van der Waals surface area contributed by atoms with E-state index >= 15 is 0 Å². The molecule has 0 aromatic heterocycles. The number of carbonyl (C=O) groups is 2. The first kappa shape index (κ1) is 23.1. The Balaban J connectivity index is 1.54. The van der Waals surface area contributed by atoms with E-state index in [1.165, 1.54) is 25.9 Å². The third-order valence-corrected chi connectivity index (χ3v) is 7.67. The lowest BCUT2D eigenvalue weighted by Crippen LogP contribution is -2.52. The maximum atomic E-state index is 13.8. The van der Waals surface area contributed by atoms with Crippen LogP contribution < -0.4 is 4.74 Å². The standard InChI is InChI=1S/C26H39N3O3/c1-3-4-17-29-24(30)12-11-22(25(29)21-9-5-6-10-23(21)32-2)26(31)28-18-13-20(14-19-28)27-15-7-8-16-27/h5-6,9-10,20,22,25H,3-4,7-8,11-19H2,1-2H3. The number of carbonyl (C=O) groups excluding carboxylic acids is 2. The van der Waals surface area contributed by atoms with Crippen LogP contribution in [0.4, 0.5) is 0 Å². The predicted octanol–water partition coefficient (Wildman–Crippen LogP) is 3.86. The number of nitrogens with zero attached hydrogens (tertiary/aromatic N) is 3. The van der Waals surface area contributed by atoms with Crippen LogP contribution in [0.15, 0.2) is 24.3 Å². The van der Waals surface area contributed by atoms with Crippen LogP contribution in [0.5, 0.6) is 5.75 Å². The smallest absolute Gasteiger partial charge is 0.228 e.